The Bertz CT molecular complexity index is 1350. The van der Waals surface area contributed by atoms with E-state index in [0.29, 0.717) is 22.6 Å². The van der Waals surface area contributed by atoms with Gasteiger partial charge in [-0.05, 0) is 62.6 Å². The van der Waals surface area contributed by atoms with Crippen molar-refractivity contribution in [3.8, 4) is 6.07 Å². The quantitative estimate of drug-likeness (QED) is 0.328. The molecule has 202 valence electrons. The molecular formula is C31H31ClN2O5. The van der Waals surface area contributed by atoms with Crippen molar-refractivity contribution >= 4 is 29.4 Å². The van der Waals surface area contributed by atoms with Gasteiger partial charge in [0.15, 0.2) is 5.60 Å². The third-order valence-electron chi connectivity index (χ3n) is 6.28. The van der Waals surface area contributed by atoms with Crippen LogP contribution in [-0.4, -0.2) is 29.5 Å². The van der Waals surface area contributed by atoms with Crippen molar-refractivity contribution in [2.24, 2.45) is 0 Å². The Hall–Kier alpha value is -4.15. The lowest BCUT2D eigenvalue weighted by molar-refractivity contribution is -0.180. The maximum Gasteiger partial charge on any atom is 0.353 e. The van der Waals surface area contributed by atoms with Gasteiger partial charge < -0.3 is 14.8 Å². The first kappa shape index (κ1) is 29.4. The van der Waals surface area contributed by atoms with E-state index in [1.165, 1.54) is 20.8 Å². The van der Waals surface area contributed by atoms with Crippen LogP contribution in [0.3, 0.4) is 0 Å². The van der Waals surface area contributed by atoms with Crippen molar-refractivity contribution in [3.63, 3.8) is 0 Å². The summed E-state index contributed by atoms with van der Waals surface area (Å²) in [5.41, 5.74) is 1.26. The third-order valence-corrected chi connectivity index (χ3v) is 6.53. The third kappa shape index (κ3) is 8.17. The number of carbonyl (C=O) groups excluding carboxylic acids is 3. The van der Waals surface area contributed by atoms with Crippen LogP contribution >= 0.6 is 11.6 Å². The molecule has 0 radical (unpaired) electrons. The van der Waals surface area contributed by atoms with Crippen molar-refractivity contribution in [2.45, 2.75) is 57.8 Å². The molecule has 1 N–H and O–H groups in total. The topological polar surface area (TPSA) is 105 Å². The molecule has 3 rings (SSSR count). The number of rotatable bonds is 10. The first-order chi connectivity index (χ1) is 18.5. The maximum atomic E-state index is 13.4. The van der Waals surface area contributed by atoms with Gasteiger partial charge in [-0.15, -0.1) is 0 Å². The van der Waals surface area contributed by atoms with Crippen LogP contribution < -0.4 is 5.32 Å². The zero-order valence-electron chi connectivity index (χ0n) is 22.3. The number of nitrogens with one attached hydrogen (secondary N) is 1. The zero-order chi connectivity index (χ0) is 28.6. The van der Waals surface area contributed by atoms with Crippen LogP contribution in [0.5, 0.6) is 0 Å². The van der Waals surface area contributed by atoms with E-state index >= 15 is 0 Å². The lowest BCUT2D eigenvalue weighted by atomic mass is 9.85. The Kier molecular flexibility index (Phi) is 9.86. The van der Waals surface area contributed by atoms with Crippen molar-refractivity contribution in [3.05, 3.63) is 106 Å². The molecule has 0 aliphatic rings. The number of benzene rings is 3. The van der Waals surface area contributed by atoms with E-state index in [9.17, 15) is 19.6 Å². The van der Waals surface area contributed by atoms with Crippen molar-refractivity contribution in [1.29, 1.82) is 5.26 Å². The number of carbonyl (C=O) groups is 3. The molecule has 0 saturated heterocycles. The zero-order valence-corrected chi connectivity index (χ0v) is 23.1. The molecule has 0 bridgehead atoms. The van der Waals surface area contributed by atoms with Crippen LogP contribution in [0.25, 0.3) is 0 Å². The second-order valence-corrected chi connectivity index (χ2v) is 10.2. The van der Waals surface area contributed by atoms with E-state index in [2.05, 4.69) is 11.4 Å². The van der Waals surface area contributed by atoms with Gasteiger partial charge in [0.1, 0.15) is 0 Å². The van der Waals surface area contributed by atoms with Gasteiger partial charge in [0, 0.05) is 29.5 Å². The Morgan fingerprint density at radius 3 is 2.23 bits per heavy atom. The largest absolute Gasteiger partial charge is 0.447 e. The Morgan fingerprint density at radius 1 is 0.974 bits per heavy atom. The Labute approximate surface area is 233 Å². The Balaban J connectivity index is 1.80. The molecule has 0 saturated carbocycles. The molecule has 0 fully saturated rings. The van der Waals surface area contributed by atoms with Gasteiger partial charge in [0.05, 0.1) is 11.6 Å². The molecule has 3 atom stereocenters. The fraction of sp³-hybridized carbons (Fsp3) is 0.290. The average molecular weight is 547 g/mol. The molecule has 0 aromatic heterocycles. The van der Waals surface area contributed by atoms with Gasteiger partial charge in [-0.1, -0.05) is 66.2 Å². The van der Waals surface area contributed by atoms with Crippen LogP contribution in [-0.2, 0) is 30.3 Å². The lowest BCUT2D eigenvalue weighted by Crippen LogP contribution is -2.50. The number of esters is 2. The highest BCUT2D eigenvalue weighted by atomic mass is 35.5. The summed E-state index contributed by atoms with van der Waals surface area (Å²) in [5, 5.41) is 13.0. The predicted molar refractivity (Wildman–Crippen MR) is 148 cm³/mol. The van der Waals surface area contributed by atoms with Crippen LogP contribution in [0.2, 0.25) is 5.02 Å². The second-order valence-electron chi connectivity index (χ2n) is 9.77. The smallest absolute Gasteiger partial charge is 0.353 e. The number of nitriles is 1. The minimum absolute atomic E-state index is 0.201. The number of hydrogen-bond acceptors (Lipinski definition) is 6. The van der Waals surface area contributed by atoms with Gasteiger partial charge in [-0.3, -0.25) is 9.59 Å². The second kappa shape index (κ2) is 13.1. The summed E-state index contributed by atoms with van der Waals surface area (Å²) < 4.78 is 10.8. The van der Waals surface area contributed by atoms with E-state index in [4.69, 9.17) is 21.1 Å². The Morgan fingerprint density at radius 2 is 1.62 bits per heavy atom. The van der Waals surface area contributed by atoms with Crippen LogP contribution in [0.4, 0.5) is 0 Å². The maximum absolute atomic E-state index is 13.4. The first-order valence-corrected chi connectivity index (χ1v) is 12.9. The summed E-state index contributed by atoms with van der Waals surface area (Å²) in [4.78, 5) is 38.1. The molecule has 8 heteroatoms. The van der Waals surface area contributed by atoms with E-state index in [-0.39, 0.29) is 5.92 Å². The predicted octanol–water partition coefficient (Wildman–Crippen LogP) is 5.67. The molecule has 0 heterocycles. The molecule has 3 aromatic rings. The molecule has 7 nitrogen and oxygen atoms in total. The summed E-state index contributed by atoms with van der Waals surface area (Å²) >= 11 is 6.05. The summed E-state index contributed by atoms with van der Waals surface area (Å²) in [7, 11) is 0. The minimum Gasteiger partial charge on any atom is -0.447 e. The lowest BCUT2D eigenvalue weighted by Gasteiger charge is -2.31. The molecule has 0 spiro atoms. The van der Waals surface area contributed by atoms with Crippen molar-refractivity contribution in [2.75, 3.05) is 0 Å². The fourth-order valence-corrected chi connectivity index (χ4v) is 4.30. The van der Waals surface area contributed by atoms with E-state index < -0.39 is 35.6 Å². The highest BCUT2D eigenvalue weighted by Gasteiger charge is 2.38. The number of amides is 1. The number of ether oxygens (including phenoxy) is 2. The minimum atomic E-state index is -1.57. The van der Waals surface area contributed by atoms with Gasteiger partial charge in [-0.25, -0.2) is 4.79 Å². The fourth-order valence-electron chi connectivity index (χ4n) is 4.18. The average Bonchev–Trinajstić information content (AvgIpc) is 2.91. The normalized spacial score (nSPS) is 13.3. The summed E-state index contributed by atoms with van der Waals surface area (Å²) in [6.07, 6.45) is -0.740. The van der Waals surface area contributed by atoms with E-state index in [1.807, 2.05) is 31.2 Å². The number of halogens is 1. The van der Waals surface area contributed by atoms with Gasteiger partial charge in [-0.2, -0.15) is 5.26 Å². The van der Waals surface area contributed by atoms with Crippen LogP contribution in [0.1, 0.15) is 62.0 Å². The highest BCUT2D eigenvalue weighted by molar-refractivity contribution is 6.30. The molecule has 3 aromatic carbocycles. The molecule has 1 amide bonds. The van der Waals surface area contributed by atoms with E-state index in [1.54, 1.807) is 54.6 Å². The molecule has 39 heavy (non-hydrogen) atoms. The van der Waals surface area contributed by atoms with Crippen LogP contribution in [0, 0.1) is 11.3 Å². The number of nitrogens with zero attached hydrogens (tertiary/aromatic N) is 1. The standard InChI is InChI=1S/C31H31ClN2O5/c1-20(27(18-22-13-15-26(32)16-14-22)25-12-8-9-23(17-25)19-33)34-30(37)31(3,4)39-29(36)28(38-21(2)35)24-10-6-5-7-11-24/h5-17,20,27-28H,18H2,1-4H3,(H,34,37)/t20?,27?,28-/m1/s1. The molecule has 0 aliphatic carbocycles. The molecular weight excluding hydrogens is 516 g/mol. The monoisotopic (exact) mass is 546 g/mol. The molecule has 0 aliphatic heterocycles. The van der Waals surface area contributed by atoms with Crippen molar-refractivity contribution < 1.29 is 23.9 Å². The summed E-state index contributed by atoms with van der Waals surface area (Å²) in [5.74, 6) is -2.23. The van der Waals surface area contributed by atoms with Gasteiger partial charge in [0.2, 0.25) is 6.10 Å². The first-order valence-electron chi connectivity index (χ1n) is 12.5. The molecule has 2 unspecified atom stereocenters. The van der Waals surface area contributed by atoms with Crippen LogP contribution in [0.15, 0.2) is 78.9 Å². The summed E-state index contributed by atoms with van der Waals surface area (Å²) in [6, 6.07) is 24.9. The highest BCUT2D eigenvalue weighted by Crippen LogP contribution is 2.28. The summed E-state index contributed by atoms with van der Waals surface area (Å²) in [6.45, 7) is 6.02. The van der Waals surface area contributed by atoms with E-state index in [0.717, 1.165) is 11.1 Å². The number of hydrogen-bond donors (Lipinski definition) is 1. The van der Waals surface area contributed by atoms with Gasteiger partial charge in [0.25, 0.3) is 5.91 Å². The van der Waals surface area contributed by atoms with Gasteiger partial charge >= 0.3 is 11.9 Å². The SMILES string of the molecule is CC(=O)O[C@@H](C(=O)OC(C)(C)C(=O)NC(C)C(Cc1ccc(Cl)cc1)c1cccc(C#N)c1)c1ccccc1. The van der Waals surface area contributed by atoms with Crippen molar-refractivity contribution in [1.82, 2.24) is 5.32 Å².